The van der Waals surface area contributed by atoms with Crippen molar-refractivity contribution in [1.82, 2.24) is 15.1 Å². The lowest BCUT2D eigenvalue weighted by Crippen LogP contribution is -2.49. The molecule has 0 aromatic heterocycles. The quantitative estimate of drug-likeness (QED) is 0.431. The first-order valence-corrected chi connectivity index (χ1v) is 14.9. The standard InChI is InChI=1S/C27H34ClF3N4O5S/c1-5-41(38,39)23-7-6-19(28)12-17(23)15-33-24(36)20-14-21(27(29,30)31)18(13-22(20)32)16-34-8-10-35(11-9-34)25(37)40-26(2,3)4/h6-7,12-14H,5,8-11,15-16,32H2,1-4H3,(H,33,36). The SMILES string of the molecule is CCS(=O)(=O)c1ccc(Cl)cc1CNC(=O)c1cc(C(F)(F)F)c(CN2CCN(C(=O)OC(C)(C)C)CC2)cc1N. The van der Waals surface area contributed by atoms with Crippen LogP contribution in [0, 0.1) is 0 Å². The molecule has 0 radical (unpaired) electrons. The first-order chi connectivity index (χ1) is 18.9. The average molecular weight is 619 g/mol. The lowest BCUT2D eigenvalue weighted by molar-refractivity contribution is -0.138. The van der Waals surface area contributed by atoms with Crippen molar-refractivity contribution in [3.8, 4) is 0 Å². The second-order valence-electron chi connectivity index (χ2n) is 10.7. The van der Waals surface area contributed by atoms with Gasteiger partial charge < -0.3 is 20.7 Å². The third kappa shape index (κ3) is 8.49. The number of hydrogen-bond donors (Lipinski definition) is 2. The molecule has 3 N–H and O–H groups in total. The number of piperazine rings is 1. The Morgan fingerprint density at radius 3 is 2.24 bits per heavy atom. The first kappa shape index (κ1) is 32.5. The van der Waals surface area contributed by atoms with Crippen molar-refractivity contribution >= 4 is 39.1 Å². The minimum atomic E-state index is -4.77. The van der Waals surface area contributed by atoms with Crippen LogP contribution in [0.25, 0.3) is 0 Å². The summed E-state index contributed by atoms with van der Waals surface area (Å²) >= 11 is 6.00. The van der Waals surface area contributed by atoms with E-state index >= 15 is 0 Å². The molecule has 0 bridgehead atoms. The van der Waals surface area contributed by atoms with E-state index in [1.54, 1.807) is 25.7 Å². The normalized spacial score (nSPS) is 15.1. The van der Waals surface area contributed by atoms with Gasteiger partial charge in [-0.15, -0.1) is 0 Å². The van der Waals surface area contributed by atoms with Crippen LogP contribution in [0.5, 0.6) is 0 Å². The highest BCUT2D eigenvalue weighted by Gasteiger charge is 2.36. The summed E-state index contributed by atoms with van der Waals surface area (Å²) in [4.78, 5) is 28.5. The number of amides is 2. The average Bonchev–Trinajstić information content (AvgIpc) is 2.86. The number of nitrogens with zero attached hydrogens (tertiary/aromatic N) is 2. The van der Waals surface area contributed by atoms with Crippen LogP contribution in [0.2, 0.25) is 5.02 Å². The summed E-state index contributed by atoms with van der Waals surface area (Å²) < 4.78 is 72.5. The Morgan fingerprint density at radius 1 is 1.05 bits per heavy atom. The predicted octanol–water partition coefficient (Wildman–Crippen LogP) is 4.72. The lowest BCUT2D eigenvalue weighted by atomic mass is 10.00. The number of rotatable bonds is 7. The fraction of sp³-hybridized carbons (Fsp3) is 0.481. The number of carbonyl (C=O) groups is 2. The molecule has 1 aliphatic heterocycles. The van der Waals surface area contributed by atoms with Crippen LogP contribution in [0.15, 0.2) is 35.2 Å². The summed E-state index contributed by atoms with van der Waals surface area (Å²) in [6.07, 6.45) is -5.25. The molecule has 226 valence electrons. The number of anilines is 1. The number of halogens is 4. The maximum atomic E-state index is 14.1. The van der Waals surface area contributed by atoms with Crippen LogP contribution in [0.3, 0.4) is 0 Å². The zero-order chi connectivity index (χ0) is 30.8. The van der Waals surface area contributed by atoms with E-state index in [4.69, 9.17) is 22.1 Å². The molecule has 2 aromatic carbocycles. The summed E-state index contributed by atoms with van der Waals surface area (Å²) in [5.41, 5.74) is 3.91. The van der Waals surface area contributed by atoms with Crippen molar-refractivity contribution in [2.24, 2.45) is 0 Å². The van der Waals surface area contributed by atoms with Gasteiger partial charge in [-0.1, -0.05) is 18.5 Å². The number of alkyl halides is 3. The number of benzene rings is 2. The van der Waals surface area contributed by atoms with Gasteiger partial charge >= 0.3 is 12.3 Å². The number of nitrogens with two attached hydrogens (primary N) is 1. The smallest absolute Gasteiger partial charge is 0.416 e. The number of nitrogen functional groups attached to an aromatic ring is 1. The lowest BCUT2D eigenvalue weighted by Gasteiger charge is -2.36. The molecular formula is C27H34ClF3N4O5S. The van der Waals surface area contributed by atoms with Gasteiger partial charge in [-0.3, -0.25) is 9.69 Å². The maximum absolute atomic E-state index is 14.1. The van der Waals surface area contributed by atoms with Gasteiger partial charge in [0.2, 0.25) is 0 Å². The second-order valence-corrected chi connectivity index (χ2v) is 13.4. The third-order valence-electron chi connectivity index (χ3n) is 6.42. The van der Waals surface area contributed by atoms with Gasteiger partial charge in [0.1, 0.15) is 5.60 Å². The Morgan fingerprint density at radius 2 is 1.68 bits per heavy atom. The van der Waals surface area contributed by atoms with Crippen molar-refractivity contribution in [3.05, 3.63) is 57.6 Å². The van der Waals surface area contributed by atoms with Crippen LogP contribution in [0.4, 0.5) is 23.7 Å². The van der Waals surface area contributed by atoms with Gasteiger partial charge in [-0.05, 0) is 62.2 Å². The molecule has 9 nitrogen and oxygen atoms in total. The largest absolute Gasteiger partial charge is 0.444 e. The van der Waals surface area contributed by atoms with Crippen molar-refractivity contribution in [2.45, 2.75) is 57.5 Å². The maximum Gasteiger partial charge on any atom is 0.416 e. The van der Waals surface area contributed by atoms with Gasteiger partial charge in [-0.25, -0.2) is 13.2 Å². The second kappa shape index (κ2) is 12.5. The van der Waals surface area contributed by atoms with E-state index in [9.17, 15) is 31.2 Å². The van der Waals surface area contributed by atoms with Crippen molar-refractivity contribution < 1.29 is 35.9 Å². The van der Waals surface area contributed by atoms with Crippen LogP contribution in [-0.4, -0.2) is 67.8 Å². The molecule has 0 unspecified atom stereocenters. The van der Waals surface area contributed by atoms with E-state index in [1.165, 1.54) is 30.0 Å². The van der Waals surface area contributed by atoms with Gasteiger partial charge in [-0.2, -0.15) is 13.2 Å². The van der Waals surface area contributed by atoms with Crippen LogP contribution in [0.1, 0.15) is 54.7 Å². The Kier molecular flexibility index (Phi) is 9.87. The molecule has 0 saturated carbocycles. The molecule has 0 atom stereocenters. The van der Waals surface area contributed by atoms with Gasteiger partial charge in [0.05, 0.1) is 21.8 Å². The molecule has 2 amide bonds. The van der Waals surface area contributed by atoms with E-state index < -0.39 is 44.7 Å². The number of ether oxygens (including phenoxy) is 1. The van der Waals surface area contributed by atoms with Gasteiger partial charge in [0.15, 0.2) is 9.84 Å². The predicted molar refractivity (Wildman–Crippen MR) is 149 cm³/mol. The fourth-order valence-corrected chi connectivity index (χ4v) is 5.64. The number of hydrogen-bond acceptors (Lipinski definition) is 7. The molecule has 14 heteroatoms. The first-order valence-electron chi connectivity index (χ1n) is 12.9. The fourth-order valence-electron chi connectivity index (χ4n) is 4.33. The van der Waals surface area contributed by atoms with Crippen molar-refractivity contribution in [2.75, 3.05) is 37.7 Å². The van der Waals surface area contributed by atoms with Gasteiger partial charge in [0, 0.05) is 50.0 Å². The highest BCUT2D eigenvalue weighted by molar-refractivity contribution is 7.91. The minimum Gasteiger partial charge on any atom is -0.444 e. The minimum absolute atomic E-state index is 0.0317. The van der Waals surface area contributed by atoms with Gasteiger partial charge in [0.25, 0.3) is 5.91 Å². The topological polar surface area (TPSA) is 122 Å². The Balaban J connectivity index is 1.77. The Bertz CT molecular complexity index is 1400. The van der Waals surface area contributed by atoms with Crippen LogP contribution < -0.4 is 11.1 Å². The zero-order valence-corrected chi connectivity index (χ0v) is 24.8. The highest BCUT2D eigenvalue weighted by atomic mass is 35.5. The Labute approximate surface area is 242 Å². The summed E-state index contributed by atoms with van der Waals surface area (Å²) in [6.45, 7) is 7.54. The molecular weight excluding hydrogens is 585 g/mol. The number of carbonyl (C=O) groups excluding carboxylic acids is 2. The van der Waals surface area contributed by atoms with E-state index in [0.717, 1.165) is 6.07 Å². The molecule has 0 aliphatic carbocycles. The monoisotopic (exact) mass is 618 g/mol. The molecule has 2 aromatic rings. The molecule has 1 fully saturated rings. The van der Waals surface area contributed by atoms with Crippen LogP contribution in [-0.2, 0) is 33.8 Å². The summed E-state index contributed by atoms with van der Waals surface area (Å²) in [6, 6.07) is 5.93. The van der Waals surface area contributed by atoms with E-state index in [0.29, 0.717) is 19.2 Å². The number of nitrogens with one attached hydrogen (secondary N) is 1. The highest BCUT2D eigenvalue weighted by Crippen LogP contribution is 2.35. The van der Waals surface area contributed by atoms with Crippen LogP contribution >= 0.6 is 11.6 Å². The zero-order valence-electron chi connectivity index (χ0n) is 23.3. The number of sulfone groups is 1. The van der Waals surface area contributed by atoms with E-state index in [-0.39, 0.29) is 58.7 Å². The Hall–Kier alpha value is -3.03. The third-order valence-corrected chi connectivity index (χ3v) is 8.48. The molecule has 0 spiro atoms. The summed E-state index contributed by atoms with van der Waals surface area (Å²) in [5.74, 6) is -1.08. The summed E-state index contributed by atoms with van der Waals surface area (Å²) in [7, 11) is -3.65. The van der Waals surface area contributed by atoms with E-state index in [2.05, 4.69) is 5.32 Å². The van der Waals surface area contributed by atoms with E-state index in [1.807, 2.05) is 0 Å². The molecule has 1 heterocycles. The van der Waals surface area contributed by atoms with Crippen molar-refractivity contribution in [3.63, 3.8) is 0 Å². The molecule has 1 aliphatic rings. The molecule has 1 saturated heterocycles. The molecule has 3 rings (SSSR count). The molecule has 41 heavy (non-hydrogen) atoms. The van der Waals surface area contributed by atoms with Crippen molar-refractivity contribution in [1.29, 1.82) is 0 Å². The summed E-state index contributed by atoms with van der Waals surface area (Å²) in [5, 5.41) is 2.70.